The Morgan fingerprint density at radius 3 is 2.69 bits per heavy atom. The molecular formula is C13H17BrO2. The van der Waals surface area contributed by atoms with Crippen molar-refractivity contribution < 1.29 is 9.53 Å². The number of methoxy groups -OCH3 is 1. The third-order valence-corrected chi connectivity index (χ3v) is 3.31. The van der Waals surface area contributed by atoms with Gasteiger partial charge in [0.1, 0.15) is 11.5 Å². The summed E-state index contributed by atoms with van der Waals surface area (Å²) in [6.45, 7) is 3.87. The van der Waals surface area contributed by atoms with E-state index in [4.69, 9.17) is 4.74 Å². The lowest BCUT2D eigenvalue weighted by Gasteiger charge is -2.08. The van der Waals surface area contributed by atoms with Gasteiger partial charge in [-0.05, 0) is 30.2 Å². The molecule has 0 bridgehead atoms. The molecule has 0 aromatic heterocycles. The summed E-state index contributed by atoms with van der Waals surface area (Å²) in [5.41, 5.74) is 1.12. The summed E-state index contributed by atoms with van der Waals surface area (Å²) in [7, 11) is 1.65. The molecule has 0 radical (unpaired) electrons. The molecule has 0 heterocycles. The van der Waals surface area contributed by atoms with E-state index in [1.807, 2.05) is 32.0 Å². The van der Waals surface area contributed by atoms with Crippen LogP contribution in [-0.2, 0) is 11.2 Å². The molecule has 0 unspecified atom stereocenters. The second-order valence-electron chi connectivity index (χ2n) is 4.08. The van der Waals surface area contributed by atoms with Crippen molar-refractivity contribution in [1.29, 1.82) is 0 Å². The zero-order chi connectivity index (χ0) is 12.1. The molecule has 3 heteroatoms. The van der Waals surface area contributed by atoms with E-state index in [1.54, 1.807) is 7.11 Å². The van der Waals surface area contributed by atoms with Crippen molar-refractivity contribution >= 4 is 21.7 Å². The molecule has 0 N–H and O–H groups in total. The molecule has 0 aliphatic rings. The van der Waals surface area contributed by atoms with Gasteiger partial charge in [0.15, 0.2) is 0 Å². The minimum atomic E-state index is 0.115. The molecule has 0 spiro atoms. The van der Waals surface area contributed by atoms with Gasteiger partial charge in [0.05, 0.1) is 7.11 Å². The molecule has 0 saturated heterocycles. The number of carbonyl (C=O) groups excluding carboxylic acids is 1. The summed E-state index contributed by atoms with van der Waals surface area (Å²) < 4.78 is 6.19. The second kappa shape index (κ2) is 6.04. The van der Waals surface area contributed by atoms with Crippen molar-refractivity contribution in [1.82, 2.24) is 0 Å². The van der Waals surface area contributed by atoms with Crippen molar-refractivity contribution in [3.05, 3.63) is 28.2 Å². The van der Waals surface area contributed by atoms with Crippen LogP contribution < -0.4 is 4.74 Å². The van der Waals surface area contributed by atoms with Gasteiger partial charge in [-0.1, -0.05) is 29.8 Å². The van der Waals surface area contributed by atoms with Crippen LogP contribution in [-0.4, -0.2) is 12.9 Å². The van der Waals surface area contributed by atoms with Crippen molar-refractivity contribution in [3.63, 3.8) is 0 Å². The highest BCUT2D eigenvalue weighted by atomic mass is 79.9. The maximum atomic E-state index is 11.5. The minimum Gasteiger partial charge on any atom is -0.497 e. The van der Waals surface area contributed by atoms with Gasteiger partial charge in [0.2, 0.25) is 0 Å². The number of Topliss-reactive ketones (excluding diaryl/α,β-unsaturated/α-hetero) is 1. The Labute approximate surface area is 105 Å². The fraction of sp³-hybridized carbons (Fsp3) is 0.462. The van der Waals surface area contributed by atoms with E-state index in [9.17, 15) is 4.79 Å². The van der Waals surface area contributed by atoms with Gasteiger partial charge < -0.3 is 4.74 Å². The normalized spacial score (nSPS) is 10.6. The summed E-state index contributed by atoms with van der Waals surface area (Å²) in [5, 5.41) is 0. The Bertz CT molecular complexity index is 372. The molecule has 0 aliphatic carbocycles. The lowest BCUT2D eigenvalue weighted by atomic mass is 10.0. The number of halogens is 1. The fourth-order valence-corrected chi connectivity index (χ4v) is 1.86. The number of rotatable bonds is 5. The third kappa shape index (κ3) is 3.63. The summed E-state index contributed by atoms with van der Waals surface area (Å²) in [6, 6.07) is 5.82. The van der Waals surface area contributed by atoms with Gasteiger partial charge >= 0.3 is 0 Å². The Hall–Kier alpha value is -0.830. The zero-order valence-electron chi connectivity index (χ0n) is 9.92. The monoisotopic (exact) mass is 284 g/mol. The lowest BCUT2D eigenvalue weighted by Crippen LogP contribution is -2.08. The predicted molar refractivity (Wildman–Crippen MR) is 68.9 cm³/mol. The number of ether oxygens (including phenoxy) is 1. The average Bonchev–Trinajstić information content (AvgIpc) is 2.27. The number of ketones is 1. The van der Waals surface area contributed by atoms with E-state index in [2.05, 4.69) is 15.9 Å². The zero-order valence-corrected chi connectivity index (χ0v) is 11.5. The molecule has 16 heavy (non-hydrogen) atoms. The Kier molecular flexibility index (Phi) is 5.00. The molecule has 0 aliphatic heterocycles. The number of hydrogen-bond donors (Lipinski definition) is 0. The number of carbonyl (C=O) groups is 1. The Balaban J connectivity index is 2.69. The molecule has 88 valence electrons. The van der Waals surface area contributed by atoms with Crippen LogP contribution in [0.2, 0.25) is 0 Å². The summed E-state index contributed by atoms with van der Waals surface area (Å²) in [5.74, 6) is 1.24. The van der Waals surface area contributed by atoms with Crippen LogP contribution in [0.5, 0.6) is 5.75 Å². The summed E-state index contributed by atoms with van der Waals surface area (Å²) >= 11 is 3.48. The first-order chi connectivity index (χ1) is 7.54. The molecule has 1 aromatic rings. The van der Waals surface area contributed by atoms with Crippen LogP contribution in [0.4, 0.5) is 0 Å². The molecule has 0 atom stereocenters. The molecule has 1 rings (SSSR count). The molecule has 0 fully saturated rings. The summed E-state index contributed by atoms with van der Waals surface area (Å²) in [6.07, 6.45) is 1.35. The van der Waals surface area contributed by atoms with Crippen LogP contribution in [0.3, 0.4) is 0 Å². The van der Waals surface area contributed by atoms with E-state index >= 15 is 0 Å². The molecule has 1 aromatic carbocycles. The molecule has 2 nitrogen and oxygen atoms in total. The van der Waals surface area contributed by atoms with E-state index in [-0.39, 0.29) is 5.92 Å². The third-order valence-electron chi connectivity index (χ3n) is 2.54. The first-order valence-corrected chi connectivity index (χ1v) is 6.19. The fourth-order valence-electron chi connectivity index (χ4n) is 1.42. The van der Waals surface area contributed by atoms with Crippen LogP contribution >= 0.6 is 15.9 Å². The average molecular weight is 285 g/mol. The van der Waals surface area contributed by atoms with Gasteiger partial charge in [0, 0.05) is 16.8 Å². The lowest BCUT2D eigenvalue weighted by molar-refractivity contribution is -0.121. The van der Waals surface area contributed by atoms with E-state index < -0.39 is 0 Å². The maximum absolute atomic E-state index is 11.5. The van der Waals surface area contributed by atoms with Gasteiger partial charge in [-0.15, -0.1) is 0 Å². The van der Waals surface area contributed by atoms with Crippen molar-refractivity contribution in [2.75, 3.05) is 7.11 Å². The molecule has 0 saturated carbocycles. The van der Waals surface area contributed by atoms with Crippen molar-refractivity contribution in [2.24, 2.45) is 5.92 Å². The predicted octanol–water partition coefficient (Wildman–Crippen LogP) is 3.62. The van der Waals surface area contributed by atoms with Crippen LogP contribution in [0.1, 0.15) is 25.8 Å². The highest BCUT2D eigenvalue weighted by Crippen LogP contribution is 2.24. The SMILES string of the molecule is COc1ccc(Br)c(CCC(=O)C(C)C)c1. The van der Waals surface area contributed by atoms with Crippen molar-refractivity contribution in [2.45, 2.75) is 26.7 Å². The highest BCUT2D eigenvalue weighted by molar-refractivity contribution is 9.10. The quantitative estimate of drug-likeness (QED) is 0.826. The van der Waals surface area contributed by atoms with Gasteiger partial charge in [-0.2, -0.15) is 0 Å². The van der Waals surface area contributed by atoms with Crippen LogP contribution in [0.25, 0.3) is 0 Å². The minimum absolute atomic E-state index is 0.115. The highest BCUT2D eigenvalue weighted by Gasteiger charge is 2.09. The van der Waals surface area contributed by atoms with Crippen molar-refractivity contribution in [3.8, 4) is 5.75 Å². The Morgan fingerprint density at radius 2 is 2.12 bits per heavy atom. The standard InChI is InChI=1S/C13H17BrO2/c1-9(2)13(15)7-4-10-8-11(16-3)5-6-12(10)14/h5-6,8-9H,4,7H2,1-3H3. The van der Waals surface area contributed by atoms with Gasteiger partial charge in [-0.3, -0.25) is 4.79 Å². The van der Waals surface area contributed by atoms with Crippen LogP contribution in [0.15, 0.2) is 22.7 Å². The topological polar surface area (TPSA) is 26.3 Å². The summed E-state index contributed by atoms with van der Waals surface area (Å²) in [4.78, 5) is 11.5. The smallest absolute Gasteiger partial charge is 0.135 e. The number of hydrogen-bond acceptors (Lipinski definition) is 2. The van der Waals surface area contributed by atoms with E-state index in [0.29, 0.717) is 12.2 Å². The largest absolute Gasteiger partial charge is 0.497 e. The molecular weight excluding hydrogens is 268 g/mol. The second-order valence-corrected chi connectivity index (χ2v) is 4.93. The van der Waals surface area contributed by atoms with E-state index in [1.165, 1.54) is 0 Å². The van der Waals surface area contributed by atoms with Gasteiger partial charge in [0.25, 0.3) is 0 Å². The first kappa shape index (κ1) is 13.2. The first-order valence-electron chi connectivity index (χ1n) is 5.39. The van der Waals surface area contributed by atoms with Gasteiger partial charge in [-0.25, -0.2) is 0 Å². The maximum Gasteiger partial charge on any atom is 0.135 e. The molecule has 0 amide bonds. The Morgan fingerprint density at radius 1 is 1.44 bits per heavy atom. The van der Waals surface area contributed by atoms with Crippen LogP contribution in [0, 0.1) is 5.92 Å². The number of aryl methyl sites for hydroxylation is 1. The number of benzene rings is 1. The van der Waals surface area contributed by atoms with E-state index in [0.717, 1.165) is 22.2 Å².